The number of aliphatic hydroxyl groups excluding tert-OH is 1. The highest BCUT2D eigenvalue weighted by Gasteiger charge is 2.32. The van der Waals surface area contributed by atoms with Gasteiger partial charge in [-0.3, -0.25) is 0 Å². The van der Waals surface area contributed by atoms with Crippen molar-refractivity contribution in [3.8, 4) is 0 Å². The van der Waals surface area contributed by atoms with E-state index in [9.17, 15) is 8.42 Å². The molecule has 5 nitrogen and oxygen atoms in total. The van der Waals surface area contributed by atoms with E-state index in [1.165, 1.54) is 0 Å². The van der Waals surface area contributed by atoms with Gasteiger partial charge in [0.05, 0.1) is 0 Å². The molecule has 1 aliphatic heterocycles. The molecule has 2 unspecified atom stereocenters. The van der Waals surface area contributed by atoms with Crippen molar-refractivity contribution in [3.05, 3.63) is 0 Å². The van der Waals surface area contributed by atoms with E-state index in [0.29, 0.717) is 30.8 Å². The molecule has 2 atom stereocenters. The average molecular weight is 304 g/mol. The number of hydrogen-bond donors (Lipinski definition) is 2. The molecule has 2 fully saturated rings. The first-order valence-corrected chi connectivity index (χ1v) is 9.23. The second kappa shape index (κ2) is 6.73. The lowest BCUT2D eigenvalue weighted by molar-refractivity contribution is 0.178. The van der Waals surface area contributed by atoms with E-state index < -0.39 is 10.2 Å². The van der Waals surface area contributed by atoms with Gasteiger partial charge in [-0.05, 0) is 49.9 Å². The zero-order valence-electron chi connectivity index (χ0n) is 12.6. The Balaban J connectivity index is 1.90. The molecule has 0 spiro atoms. The van der Waals surface area contributed by atoms with Crippen LogP contribution in [0.4, 0.5) is 0 Å². The predicted molar refractivity (Wildman–Crippen MR) is 79.4 cm³/mol. The van der Waals surface area contributed by atoms with E-state index >= 15 is 0 Å². The van der Waals surface area contributed by atoms with Crippen molar-refractivity contribution in [1.29, 1.82) is 0 Å². The van der Waals surface area contributed by atoms with Gasteiger partial charge >= 0.3 is 0 Å². The fourth-order valence-electron chi connectivity index (χ4n) is 3.55. The highest BCUT2D eigenvalue weighted by Crippen LogP contribution is 2.26. The van der Waals surface area contributed by atoms with Crippen molar-refractivity contribution in [1.82, 2.24) is 9.03 Å². The highest BCUT2D eigenvalue weighted by molar-refractivity contribution is 7.87. The summed E-state index contributed by atoms with van der Waals surface area (Å²) in [6, 6.07) is 0.0374. The Labute approximate surface area is 122 Å². The van der Waals surface area contributed by atoms with Crippen LogP contribution in [0.15, 0.2) is 0 Å². The van der Waals surface area contributed by atoms with E-state index in [1.54, 1.807) is 4.31 Å². The topological polar surface area (TPSA) is 69.6 Å². The quantitative estimate of drug-likeness (QED) is 0.824. The van der Waals surface area contributed by atoms with Crippen LogP contribution in [0.3, 0.4) is 0 Å². The summed E-state index contributed by atoms with van der Waals surface area (Å²) in [5.41, 5.74) is 0. The Morgan fingerprint density at radius 3 is 2.15 bits per heavy atom. The predicted octanol–water partition coefficient (Wildman–Crippen LogP) is 1.35. The molecule has 0 bridgehead atoms. The molecular formula is C14H28N2O3S. The lowest BCUT2D eigenvalue weighted by Crippen LogP contribution is -2.51. The number of nitrogens with one attached hydrogen (secondary N) is 1. The van der Waals surface area contributed by atoms with Crippen LogP contribution in [-0.2, 0) is 10.2 Å². The third kappa shape index (κ3) is 4.16. The molecule has 1 saturated heterocycles. The summed E-state index contributed by atoms with van der Waals surface area (Å²) >= 11 is 0. The summed E-state index contributed by atoms with van der Waals surface area (Å²) in [7, 11) is -3.35. The Morgan fingerprint density at radius 2 is 1.65 bits per heavy atom. The van der Waals surface area contributed by atoms with Crippen molar-refractivity contribution in [2.45, 2.75) is 52.0 Å². The van der Waals surface area contributed by atoms with Gasteiger partial charge in [-0.15, -0.1) is 0 Å². The number of piperidine rings is 1. The first kappa shape index (κ1) is 16.2. The second-order valence-electron chi connectivity index (χ2n) is 6.79. The van der Waals surface area contributed by atoms with Gasteiger partial charge < -0.3 is 5.11 Å². The molecular weight excluding hydrogens is 276 g/mol. The fourth-order valence-corrected chi connectivity index (χ4v) is 5.26. The van der Waals surface area contributed by atoms with Gasteiger partial charge in [0.15, 0.2) is 0 Å². The molecule has 2 aliphatic rings. The third-order valence-electron chi connectivity index (χ3n) is 4.60. The maximum atomic E-state index is 12.5. The first-order chi connectivity index (χ1) is 9.40. The molecule has 0 radical (unpaired) electrons. The van der Waals surface area contributed by atoms with E-state index in [2.05, 4.69) is 18.6 Å². The fraction of sp³-hybridized carbons (Fsp3) is 1.00. The van der Waals surface area contributed by atoms with Crippen LogP contribution in [0, 0.1) is 17.8 Å². The maximum absolute atomic E-state index is 12.5. The number of nitrogens with zero attached hydrogens (tertiary/aromatic N) is 1. The molecule has 1 aliphatic carbocycles. The van der Waals surface area contributed by atoms with Crippen LogP contribution < -0.4 is 4.72 Å². The van der Waals surface area contributed by atoms with Crippen molar-refractivity contribution in [3.63, 3.8) is 0 Å². The van der Waals surface area contributed by atoms with Crippen LogP contribution >= 0.6 is 0 Å². The molecule has 0 aromatic rings. The second-order valence-corrected chi connectivity index (χ2v) is 8.49. The molecule has 0 aromatic carbocycles. The summed E-state index contributed by atoms with van der Waals surface area (Å²) in [6.07, 6.45) is 4.60. The third-order valence-corrected chi connectivity index (χ3v) is 6.20. The van der Waals surface area contributed by atoms with Crippen LogP contribution in [0.25, 0.3) is 0 Å². The summed E-state index contributed by atoms with van der Waals surface area (Å²) < 4.78 is 29.4. The first-order valence-electron chi connectivity index (χ1n) is 7.79. The SMILES string of the molecule is CC1CC(C)CN(S(=O)(=O)NC2CCC(CO)CC2)C1. The number of rotatable bonds is 4. The van der Waals surface area contributed by atoms with Crippen LogP contribution in [0.2, 0.25) is 0 Å². The largest absolute Gasteiger partial charge is 0.396 e. The van der Waals surface area contributed by atoms with Gasteiger partial charge in [-0.25, -0.2) is 0 Å². The summed E-state index contributed by atoms with van der Waals surface area (Å²) in [4.78, 5) is 0. The zero-order chi connectivity index (χ0) is 14.8. The summed E-state index contributed by atoms with van der Waals surface area (Å²) in [5.74, 6) is 1.21. The Kier molecular flexibility index (Phi) is 5.45. The minimum absolute atomic E-state index is 0.0374. The number of hydrogen-bond acceptors (Lipinski definition) is 3. The van der Waals surface area contributed by atoms with Crippen molar-refractivity contribution in [2.24, 2.45) is 17.8 Å². The van der Waals surface area contributed by atoms with Crippen molar-refractivity contribution >= 4 is 10.2 Å². The molecule has 2 N–H and O–H groups in total. The summed E-state index contributed by atoms with van der Waals surface area (Å²) in [5, 5.41) is 9.13. The molecule has 6 heteroatoms. The lowest BCUT2D eigenvalue weighted by atomic mass is 9.87. The highest BCUT2D eigenvalue weighted by atomic mass is 32.2. The molecule has 1 saturated carbocycles. The standard InChI is InChI=1S/C14H28N2O3S/c1-11-7-12(2)9-16(8-11)20(18,19)15-14-5-3-13(10-17)4-6-14/h11-15,17H,3-10H2,1-2H3. The van der Waals surface area contributed by atoms with E-state index in [1.807, 2.05) is 0 Å². The van der Waals surface area contributed by atoms with Crippen molar-refractivity contribution in [2.75, 3.05) is 19.7 Å². The van der Waals surface area contributed by atoms with Crippen LogP contribution in [0.5, 0.6) is 0 Å². The van der Waals surface area contributed by atoms with Gasteiger partial charge in [-0.2, -0.15) is 17.4 Å². The van der Waals surface area contributed by atoms with Gasteiger partial charge in [0.25, 0.3) is 10.2 Å². The van der Waals surface area contributed by atoms with Crippen LogP contribution in [-0.4, -0.2) is 43.6 Å². The normalized spacial score (nSPS) is 37.0. The number of aliphatic hydroxyl groups is 1. The molecule has 1 heterocycles. The molecule has 2 rings (SSSR count). The van der Waals surface area contributed by atoms with Gasteiger partial charge in [0, 0.05) is 25.7 Å². The Morgan fingerprint density at radius 1 is 1.10 bits per heavy atom. The average Bonchev–Trinajstić information content (AvgIpc) is 2.38. The smallest absolute Gasteiger partial charge is 0.279 e. The zero-order valence-corrected chi connectivity index (χ0v) is 13.4. The van der Waals surface area contributed by atoms with Gasteiger partial charge in [-0.1, -0.05) is 13.8 Å². The van der Waals surface area contributed by atoms with Gasteiger partial charge in [0.1, 0.15) is 0 Å². The molecule has 20 heavy (non-hydrogen) atoms. The monoisotopic (exact) mass is 304 g/mol. The summed E-state index contributed by atoms with van der Waals surface area (Å²) in [6.45, 7) is 5.72. The maximum Gasteiger partial charge on any atom is 0.279 e. The van der Waals surface area contributed by atoms with Crippen LogP contribution in [0.1, 0.15) is 46.0 Å². The Bertz CT molecular complexity index is 395. The van der Waals surface area contributed by atoms with E-state index in [0.717, 1.165) is 32.1 Å². The Hall–Kier alpha value is -0.170. The van der Waals surface area contributed by atoms with E-state index in [4.69, 9.17) is 5.11 Å². The molecule has 0 amide bonds. The lowest BCUT2D eigenvalue weighted by Gasteiger charge is -2.36. The van der Waals surface area contributed by atoms with Crippen molar-refractivity contribution < 1.29 is 13.5 Å². The molecule has 118 valence electrons. The van der Waals surface area contributed by atoms with Gasteiger partial charge in [0.2, 0.25) is 0 Å². The minimum Gasteiger partial charge on any atom is -0.396 e. The van der Waals surface area contributed by atoms with E-state index in [-0.39, 0.29) is 12.6 Å². The minimum atomic E-state index is -3.35. The molecule has 0 aromatic heterocycles.